The second-order valence-corrected chi connectivity index (χ2v) is 6.23. The molecule has 0 aliphatic rings. The van der Waals surface area contributed by atoms with Gasteiger partial charge >= 0.3 is 0 Å². The van der Waals surface area contributed by atoms with E-state index >= 15 is 0 Å². The third-order valence-electron chi connectivity index (χ3n) is 2.86. The van der Waals surface area contributed by atoms with Crippen molar-refractivity contribution in [2.45, 2.75) is 10.8 Å². The van der Waals surface area contributed by atoms with Gasteiger partial charge in [0.25, 0.3) is 0 Å². The third kappa shape index (κ3) is 2.42. The molecule has 1 aromatic heterocycles. The van der Waals surface area contributed by atoms with E-state index in [2.05, 4.69) is 59.8 Å². The Hall–Kier alpha value is -1.32. The van der Waals surface area contributed by atoms with Crippen LogP contribution in [0.1, 0.15) is 11.1 Å². The van der Waals surface area contributed by atoms with Gasteiger partial charge in [-0.2, -0.15) is 0 Å². The quantitative estimate of drug-likeness (QED) is 0.645. The molecule has 3 rings (SSSR count). The second-order valence-electron chi connectivity index (χ2n) is 4.15. The highest BCUT2D eigenvalue weighted by Gasteiger charge is 2.04. The zero-order chi connectivity index (χ0) is 12.4. The molecule has 0 saturated carbocycles. The van der Waals surface area contributed by atoms with Crippen molar-refractivity contribution in [1.29, 1.82) is 0 Å². The SMILES string of the molecule is CSc1nc2ccc(Cc3ccccc3)cc2s1. The van der Waals surface area contributed by atoms with Crippen LogP contribution in [-0.4, -0.2) is 11.2 Å². The number of hydrogen-bond acceptors (Lipinski definition) is 3. The summed E-state index contributed by atoms with van der Waals surface area (Å²) in [7, 11) is 0. The third-order valence-corrected chi connectivity index (χ3v) is 4.86. The van der Waals surface area contributed by atoms with Crippen molar-refractivity contribution in [3.8, 4) is 0 Å². The average molecular weight is 271 g/mol. The van der Waals surface area contributed by atoms with Gasteiger partial charge in [0.15, 0.2) is 4.34 Å². The maximum Gasteiger partial charge on any atom is 0.150 e. The lowest BCUT2D eigenvalue weighted by molar-refractivity contribution is 1.20. The molecule has 0 saturated heterocycles. The minimum atomic E-state index is 0.989. The molecule has 90 valence electrons. The van der Waals surface area contributed by atoms with E-state index in [-0.39, 0.29) is 0 Å². The molecule has 18 heavy (non-hydrogen) atoms. The number of hydrogen-bond donors (Lipinski definition) is 0. The van der Waals surface area contributed by atoms with E-state index in [1.165, 1.54) is 15.8 Å². The first-order chi connectivity index (χ1) is 8.85. The van der Waals surface area contributed by atoms with E-state index in [1.54, 1.807) is 23.1 Å². The van der Waals surface area contributed by atoms with E-state index in [0.717, 1.165) is 16.3 Å². The molecule has 0 radical (unpaired) electrons. The van der Waals surface area contributed by atoms with Crippen LogP contribution < -0.4 is 0 Å². The molecule has 3 aromatic rings. The second kappa shape index (κ2) is 5.12. The fraction of sp³-hybridized carbons (Fsp3) is 0.133. The van der Waals surface area contributed by atoms with Gasteiger partial charge in [-0.1, -0.05) is 48.2 Å². The van der Waals surface area contributed by atoms with Gasteiger partial charge in [-0.05, 0) is 35.9 Å². The first kappa shape index (κ1) is 11.8. The molecule has 0 unspecified atom stereocenters. The number of fused-ring (bicyclic) bond motifs is 1. The van der Waals surface area contributed by atoms with Gasteiger partial charge in [-0.25, -0.2) is 4.98 Å². The first-order valence-electron chi connectivity index (χ1n) is 5.82. The standard InChI is InChI=1S/C15H13NS2/c1-17-15-16-13-8-7-12(10-14(13)18-15)9-11-5-3-2-4-6-11/h2-8,10H,9H2,1H3. The fourth-order valence-corrected chi connectivity index (χ4v) is 3.53. The topological polar surface area (TPSA) is 12.9 Å². The van der Waals surface area contributed by atoms with Crippen LogP contribution in [0.3, 0.4) is 0 Å². The molecular weight excluding hydrogens is 258 g/mol. The Morgan fingerprint density at radius 3 is 2.67 bits per heavy atom. The summed E-state index contributed by atoms with van der Waals surface area (Å²) in [6.45, 7) is 0. The highest BCUT2D eigenvalue weighted by Crippen LogP contribution is 2.29. The summed E-state index contributed by atoms with van der Waals surface area (Å²) in [5.74, 6) is 0. The molecule has 0 aliphatic heterocycles. The number of aromatic nitrogens is 1. The lowest BCUT2D eigenvalue weighted by Crippen LogP contribution is -1.86. The molecule has 0 spiro atoms. The van der Waals surface area contributed by atoms with Crippen molar-refractivity contribution in [2.24, 2.45) is 0 Å². The summed E-state index contributed by atoms with van der Waals surface area (Å²) in [5.41, 5.74) is 3.82. The van der Waals surface area contributed by atoms with Crippen molar-refractivity contribution in [3.05, 3.63) is 59.7 Å². The summed E-state index contributed by atoms with van der Waals surface area (Å²) >= 11 is 3.49. The Kier molecular flexibility index (Phi) is 3.35. The number of nitrogens with zero attached hydrogens (tertiary/aromatic N) is 1. The van der Waals surface area contributed by atoms with E-state index in [9.17, 15) is 0 Å². The van der Waals surface area contributed by atoms with E-state index in [0.29, 0.717) is 0 Å². The molecule has 3 heteroatoms. The van der Waals surface area contributed by atoms with Crippen molar-refractivity contribution >= 4 is 33.3 Å². The maximum absolute atomic E-state index is 4.56. The van der Waals surface area contributed by atoms with Crippen LogP contribution >= 0.6 is 23.1 Å². The van der Waals surface area contributed by atoms with Crippen LogP contribution in [0.15, 0.2) is 52.9 Å². The van der Waals surface area contributed by atoms with E-state index < -0.39 is 0 Å². The van der Waals surface area contributed by atoms with Gasteiger partial charge in [0.1, 0.15) is 0 Å². The number of benzene rings is 2. The normalized spacial score (nSPS) is 10.9. The molecule has 2 aromatic carbocycles. The van der Waals surface area contributed by atoms with Crippen LogP contribution in [-0.2, 0) is 6.42 Å². The Bertz CT molecular complexity index is 659. The van der Waals surface area contributed by atoms with Crippen molar-refractivity contribution < 1.29 is 0 Å². The summed E-state index contributed by atoms with van der Waals surface area (Å²) in [6.07, 6.45) is 3.06. The van der Waals surface area contributed by atoms with E-state index in [1.807, 2.05) is 0 Å². The molecule has 1 nitrogen and oxygen atoms in total. The lowest BCUT2D eigenvalue weighted by atomic mass is 10.1. The van der Waals surface area contributed by atoms with Crippen LogP contribution in [0.4, 0.5) is 0 Å². The monoisotopic (exact) mass is 271 g/mol. The summed E-state index contributed by atoms with van der Waals surface area (Å²) in [5, 5.41) is 0. The number of thioether (sulfide) groups is 1. The van der Waals surface area contributed by atoms with Gasteiger partial charge < -0.3 is 0 Å². The summed E-state index contributed by atoms with van der Waals surface area (Å²) in [4.78, 5) is 4.56. The molecule has 0 N–H and O–H groups in total. The predicted molar refractivity (Wildman–Crippen MR) is 80.6 cm³/mol. The van der Waals surface area contributed by atoms with Crippen LogP contribution in [0.25, 0.3) is 10.2 Å². The number of rotatable bonds is 3. The van der Waals surface area contributed by atoms with Crippen molar-refractivity contribution in [1.82, 2.24) is 4.98 Å². The van der Waals surface area contributed by atoms with Gasteiger partial charge in [0.05, 0.1) is 10.2 Å². The minimum Gasteiger partial charge on any atom is -0.230 e. The summed E-state index contributed by atoms with van der Waals surface area (Å²) < 4.78 is 2.43. The van der Waals surface area contributed by atoms with Crippen LogP contribution in [0.5, 0.6) is 0 Å². The largest absolute Gasteiger partial charge is 0.230 e. The lowest BCUT2D eigenvalue weighted by Gasteiger charge is -2.01. The van der Waals surface area contributed by atoms with Crippen molar-refractivity contribution in [2.75, 3.05) is 6.26 Å². The molecule has 0 atom stereocenters. The Labute approximate surface area is 115 Å². The molecule has 0 aliphatic carbocycles. The smallest absolute Gasteiger partial charge is 0.150 e. The fourth-order valence-electron chi connectivity index (χ4n) is 1.98. The first-order valence-corrected chi connectivity index (χ1v) is 7.86. The maximum atomic E-state index is 4.56. The predicted octanol–water partition coefficient (Wildman–Crippen LogP) is 4.61. The van der Waals surface area contributed by atoms with Gasteiger partial charge in [0.2, 0.25) is 0 Å². The highest BCUT2D eigenvalue weighted by molar-refractivity contribution is 8.00. The van der Waals surface area contributed by atoms with Gasteiger partial charge in [-0.3, -0.25) is 0 Å². The van der Waals surface area contributed by atoms with Crippen molar-refractivity contribution in [3.63, 3.8) is 0 Å². The Balaban J connectivity index is 1.93. The zero-order valence-corrected chi connectivity index (χ0v) is 11.7. The molecular formula is C15H13NS2. The number of thiazole rings is 1. The Morgan fingerprint density at radius 1 is 1.06 bits per heavy atom. The van der Waals surface area contributed by atoms with Gasteiger partial charge in [-0.15, -0.1) is 11.3 Å². The molecule has 1 heterocycles. The average Bonchev–Trinajstić information content (AvgIpc) is 2.82. The van der Waals surface area contributed by atoms with Gasteiger partial charge in [0, 0.05) is 0 Å². The highest BCUT2D eigenvalue weighted by atomic mass is 32.2. The van der Waals surface area contributed by atoms with Crippen LogP contribution in [0, 0.1) is 0 Å². The summed E-state index contributed by atoms with van der Waals surface area (Å²) in [6, 6.07) is 17.1. The van der Waals surface area contributed by atoms with Crippen LogP contribution in [0.2, 0.25) is 0 Å². The zero-order valence-electron chi connectivity index (χ0n) is 10.1. The molecule has 0 bridgehead atoms. The molecule has 0 amide bonds. The van der Waals surface area contributed by atoms with E-state index in [4.69, 9.17) is 0 Å². The Morgan fingerprint density at radius 2 is 1.89 bits per heavy atom. The molecule has 0 fully saturated rings. The minimum absolute atomic E-state index is 0.989.